The molecule has 1 aromatic carbocycles. The monoisotopic (exact) mass is 421 g/mol. The topological polar surface area (TPSA) is 70.2 Å². The van der Waals surface area contributed by atoms with Gasteiger partial charge in [0.2, 0.25) is 5.95 Å². The number of hydrogen-bond acceptors (Lipinski definition) is 5. The van der Waals surface area contributed by atoms with E-state index in [2.05, 4.69) is 20.6 Å². The van der Waals surface area contributed by atoms with Crippen LogP contribution >= 0.6 is 23.2 Å². The van der Waals surface area contributed by atoms with Gasteiger partial charge in [-0.1, -0.05) is 23.2 Å². The van der Waals surface area contributed by atoms with Crippen molar-refractivity contribution in [1.29, 1.82) is 0 Å². The number of carbonyl (C=O) groups is 1. The first-order chi connectivity index (χ1) is 13.3. The molecule has 0 spiro atoms. The molecule has 1 amide bonds. The van der Waals surface area contributed by atoms with Gasteiger partial charge in [0.25, 0.3) is 5.91 Å². The van der Waals surface area contributed by atoms with Gasteiger partial charge in [-0.25, -0.2) is 4.98 Å². The van der Waals surface area contributed by atoms with Gasteiger partial charge in [-0.05, 0) is 50.8 Å². The molecule has 1 saturated carbocycles. The Labute approximate surface area is 175 Å². The van der Waals surface area contributed by atoms with Crippen LogP contribution in [-0.2, 0) is 0 Å². The van der Waals surface area contributed by atoms with Gasteiger partial charge in [-0.3, -0.25) is 4.79 Å². The summed E-state index contributed by atoms with van der Waals surface area (Å²) >= 11 is 11.9. The van der Waals surface area contributed by atoms with Crippen molar-refractivity contribution in [3.8, 4) is 0 Å². The molecule has 0 radical (unpaired) electrons. The summed E-state index contributed by atoms with van der Waals surface area (Å²) in [4.78, 5) is 23.5. The highest BCUT2D eigenvalue weighted by molar-refractivity contribution is 6.42. The molecule has 6 nitrogen and oxygen atoms in total. The third kappa shape index (κ3) is 5.26. The van der Waals surface area contributed by atoms with E-state index in [0.717, 1.165) is 37.2 Å². The first kappa shape index (κ1) is 20.7. The number of nitrogens with zero attached hydrogens (tertiary/aromatic N) is 3. The van der Waals surface area contributed by atoms with Gasteiger partial charge in [-0.15, -0.1) is 0 Å². The molecule has 0 bridgehead atoms. The largest absolute Gasteiger partial charge is 0.363 e. The zero-order valence-corrected chi connectivity index (χ0v) is 17.8. The van der Waals surface area contributed by atoms with Crippen molar-refractivity contribution in [3.05, 3.63) is 45.6 Å². The van der Waals surface area contributed by atoms with E-state index in [-0.39, 0.29) is 11.9 Å². The van der Waals surface area contributed by atoms with Crippen LogP contribution in [0.5, 0.6) is 0 Å². The van der Waals surface area contributed by atoms with E-state index in [1.165, 1.54) is 0 Å². The molecule has 2 aromatic rings. The van der Waals surface area contributed by atoms with Gasteiger partial charge >= 0.3 is 0 Å². The highest BCUT2D eigenvalue weighted by atomic mass is 35.5. The Morgan fingerprint density at radius 2 is 1.71 bits per heavy atom. The summed E-state index contributed by atoms with van der Waals surface area (Å²) < 4.78 is 0. The lowest BCUT2D eigenvalue weighted by molar-refractivity contribution is 0.0926. The van der Waals surface area contributed by atoms with Crippen LogP contribution in [0.3, 0.4) is 0 Å². The van der Waals surface area contributed by atoms with Gasteiger partial charge in [0.05, 0.1) is 10.0 Å². The third-order valence-electron chi connectivity index (χ3n) is 4.88. The Hall–Kier alpha value is -2.05. The summed E-state index contributed by atoms with van der Waals surface area (Å²) in [5.41, 5.74) is 1.46. The number of carbonyl (C=O) groups excluding carboxylic acids is 1. The lowest BCUT2D eigenvalue weighted by Gasteiger charge is -2.30. The molecule has 8 heteroatoms. The number of benzene rings is 1. The molecule has 1 fully saturated rings. The van der Waals surface area contributed by atoms with Gasteiger partial charge in [0.1, 0.15) is 5.82 Å². The number of aromatic nitrogens is 2. The number of nitrogens with one attached hydrogen (secondary N) is 2. The van der Waals surface area contributed by atoms with E-state index in [4.69, 9.17) is 23.2 Å². The number of halogens is 2. The van der Waals surface area contributed by atoms with Crippen LogP contribution in [-0.4, -0.2) is 42.1 Å². The number of aryl methyl sites for hydroxylation is 1. The molecule has 0 unspecified atom stereocenters. The van der Waals surface area contributed by atoms with Gasteiger partial charge < -0.3 is 15.5 Å². The molecule has 1 heterocycles. The van der Waals surface area contributed by atoms with Gasteiger partial charge in [-0.2, -0.15) is 4.98 Å². The van der Waals surface area contributed by atoms with Crippen molar-refractivity contribution >= 4 is 40.9 Å². The van der Waals surface area contributed by atoms with Crippen LogP contribution in [0.1, 0.15) is 41.7 Å². The van der Waals surface area contributed by atoms with Gasteiger partial charge in [0.15, 0.2) is 0 Å². The summed E-state index contributed by atoms with van der Waals surface area (Å²) in [5, 5.41) is 7.37. The van der Waals surface area contributed by atoms with Crippen LogP contribution in [0.15, 0.2) is 24.3 Å². The van der Waals surface area contributed by atoms with Crippen molar-refractivity contribution in [2.24, 2.45) is 0 Å². The molecule has 28 heavy (non-hydrogen) atoms. The van der Waals surface area contributed by atoms with Crippen LogP contribution in [0.2, 0.25) is 10.0 Å². The molecule has 0 aliphatic heterocycles. The summed E-state index contributed by atoms with van der Waals surface area (Å²) in [6, 6.07) is 7.34. The second-order valence-electron chi connectivity index (χ2n) is 7.38. The lowest BCUT2D eigenvalue weighted by Crippen LogP contribution is -2.40. The van der Waals surface area contributed by atoms with E-state index in [0.29, 0.717) is 27.6 Å². The maximum Gasteiger partial charge on any atom is 0.251 e. The Morgan fingerprint density at radius 1 is 1.04 bits per heavy atom. The van der Waals surface area contributed by atoms with Crippen LogP contribution < -0.4 is 15.5 Å². The molecule has 1 aliphatic rings. The van der Waals surface area contributed by atoms with Crippen LogP contribution in [0.4, 0.5) is 11.8 Å². The number of anilines is 2. The van der Waals surface area contributed by atoms with E-state index in [1.807, 2.05) is 32.0 Å². The zero-order valence-electron chi connectivity index (χ0n) is 16.3. The highest BCUT2D eigenvalue weighted by Gasteiger charge is 2.23. The van der Waals surface area contributed by atoms with Crippen LogP contribution in [0, 0.1) is 6.92 Å². The summed E-state index contributed by atoms with van der Waals surface area (Å²) in [5.74, 6) is 1.43. The zero-order chi connectivity index (χ0) is 20.3. The second-order valence-corrected chi connectivity index (χ2v) is 8.20. The minimum Gasteiger partial charge on any atom is -0.363 e. The Bertz CT molecular complexity index is 850. The van der Waals surface area contributed by atoms with E-state index >= 15 is 0 Å². The van der Waals surface area contributed by atoms with Crippen LogP contribution in [0.25, 0.3) is 0 Å². The fraction of sp³-hybridized carbons (Fsp3) is 0.450. The molecule has 0 saturated heterocycles. The Kier molecular flexibility index (Phi) is 6.62. The Balaban J connectivity index is 1.53. The first-order valence-corrected chi connectivity index (χ1v) is 10.1. The SMILES string of the molecule is Cc1cc(N(C)C)nc(NC2CCC(NC(=O)c3ccc(Cl)c(Cl)c3)CC2)n1. The van der Waals surface area contributed by atoms with Crippen molar-refractivity contribution in [2.75, 3.05) is 24.3 Å². The maximum atomic E-state index is 12.4. The predicted octanol–water partition coefficient (Wildman–Crippen LogP) is 4.31. The Morgan fingerprint density at radius 3 is 2.36 bits per heavy atom. The summed E-state index contributed by atoms with van der Waals surface area (Å²) in [6.45, 7) is 1.97. The molecule has 1 aliphatic carbocycles. The average Bonchev–Trinajstić information content (AvgIpc) is 2.65. The van der Waals surface area contributed by atoms with Gasteiger partial charge in [0, 0.05) is 43.5 Å². The predicted molar refractivity (Wildman–Crippen MR) is 115 cm³/mol. The maximum absolute atomic E-state index is 12.4. The smallest absolute Gasteiger partial charge is 0.251 e. The normalized spacial score (nSPS) is 19.2. The second kappa shape index (κ2) is 8.97. The van der Waals surface area contributed by atoms with Crippen molar-refractivity contribution in [1.82, 2.24) is 15.3 Å². The molecule has 1 aromatic heterocycles. The average molecular weight is 422 g/mol. The molecule has 0 atom stereocenters. The van der Waals surface area contributed by atoms with E-state index in [1.54, 1.807) is 18.2 Å². The molecular weight excluding hydrogens is 397 g/mol. The quantitative estimate of drug-likeness (QED) is 0.752. The number of amides is 1. The lowest BCUT2D eigenvalue weighted by atomic mass is 9.91. The molecular formula is C20H25Cl2N5O. The minimum absolute atomic E-state index is 0.118. The standard InChI is InChI=1S/C20H25Cl2N5O/c1-12-10-18(27(2)3)26-20(23-12)25-15-7-5-14(6-8-15)24-19(28)13-4-9-16(21)17(22)11-13/h4,9-11,14-15H,5-8H2,1-3H3,(H,24,28)(H,23,25,26). The first-order valence-electron chi connectivity index (χ1n) is 9.37. The minimum atomic E-state index is -0.118. The number of rotatable bonds is 5. The highest BCUT2D eigenvalue weighted by Crippen LogP contribution is 2.24. The fourth-order valence-corrected chi connectivity index (χ4v) is 3.61. The molecule has 3 rings (SSSR count). The summed E-state index contributed by atoms with van der Waals surface area (Å²) in [7, 11) is 3.93. The van der Waals surface area contributed by atoms with Crippen molar-refractivity contribution < 1.29 is 4.79 Å². The molecule has 2 N–H and O–H groups in total. The van der Waals surface area contributed by atoms with Crippen molar-refractivity contribution in [3.63, 3.8) is 0 Å². The van der Waals surface area contributed by atoms with E-state index < -0.39 is 0 Å². The fourth-order valence-electron chi connectivity index (χ4n) is 3.32. The molecule has 150 valence electrons. The number of hydrogen-bond donors (Lipinski definition) is 2. The summed E-state index contributed by atoms with van der Waals surface area (Å²) in [6.07, 6.45) is 3.69. The van der Waals surface area contributed by atoms with Crippen molar-refractivity contribution in [2.45, 2.75) is 44.7 Å². The third-order valence-corrected chi connectivity index (χ3v) is 5.62. The van der Waals surface area contributed by atoms with E-state index in [9.17, 15) is 4.79 Å².